The Morgan fingerprint density at radius 1 is 1.39 bits per heavy atom. The maximum absolute atomic E-state index is 13.8. The van der Waals surface area contributed by atoms with Crippen molar-refractivity contribution >= 4 is 5.69 Å². The first-order chi connectivity index (χ1) is 8.61. The third kappa shape index (κ3) is 2.53. The summed E-state index contributed by atoms with van der Waals surface area (Å²) in [4.78, 5) is 4.28. The van der Waals surface area contributed by atoms with E-state index in [0.717, 1.165) is 24.4 Å². The summed E-state index contributed by atoms with van der Waals surface area (Å²) in [7, 11) is 0. The van der Waals surface area contributed by atoms with E-state index >= 15 is 0 Å². The summed E-state index contributed by atoms with van der Waals surface area (Å²) >= 11 is 0. The van der Waals surface area contributed by atoms with E-state index in [9.17, 15) is 4.39 Å². The first-order valence-corrected chi connectivity index (χ1v) is 6.16. The van der Waals surface area contributed by atoms with Gasteiger partial charge < -0.3 is 10.3 Å². The summed E-state index contributed by atoms with van der Waals surface area (Å²) in [6.07, 6.45) is 5.18. The molecule has 3 nitrogen and oxygen atoms in total. The lowest BCUT2D eigenvalue weighted by atomic mass is 10.1. The Bertz CT molecular complexity index is 546. The summed E-state index contributed by atoms with van der Waals surface area (Å²) in [5, 5.41) is 0. The van der Waals surface area contributed by atoms with Crippen LogP contribution >= 0.6 is 0 Å². The molecule has 0 spiro atoms. The zero-order chi connectivity index (χ0) is 13.1. The Kier molecular flexibility index (Phi) is 3.65. The van der Waals surface area contributed by atoms with E-state index in [2.05, 4.69) is 16.5 Å². The second kappa shape index (κ2) is 5.21. The highest BCUT2D eigenvalue weighted by molar-refractivity contribution is 5.49. The van der Waals surface area contributed by atoms with Gasteiger partial charge in [-0.1, -0.05) is 6.92 Å². The minimum Gasteiger partial charge on any atom is -0.399 e. The van der Waals surface area contributed by atoms with Gasteiger partial charge in [0.1, 0.15) is 11.6 Å². The molecule has 0 aliphatic rings. The van der Waals surface area contributed by atoms with Crippen molar-refractivity contribution in [1.82, 2.24) is 9.55 Å². The third-order valence-corrected chi connectivity index (χ3v) is 3.05. The van der Waals surface area contributed by atoms with Crippen molar-refractivity contribution in [2.75, 3.05) is 5.73 Å². The Balaban J connectivity index is 2.28. The van der Waals surface area contributed by atoms with Crippen molar-refractivity contribution in [3.8, 4) is 0 Å². The Hall–Kier alpha value is -1.84. The van der Waals surface area contributed by atoms with Gasteiger partial charge in [-0.3, -0.25) is 0 Å². The monoisotopic (exact) mass is 247 g/mol. The molecule has 0 unspecified atom stereocenters. The molecule has 0 fully saturated rings. The molecule has 4 heteroatoms. The maximum Gasteiger partial charge on any atom is 0.127 e. The topological polar surface area (TPSA) is 43.8 Å². The van der Waals surface area contributed by atoms with Crippen LogP contribution in [0.15, 0.2) is 24.5 Å². The first kappa shape index (κ1) is 12.6. The number of aryl methyl sites for hydroxylation is 2. The molecule has 1 aromatic heterocycles. The molecule has 2 aromatic rings. The van der Waals surface area contributed by atoms with E-state index in [1.165, 1.54) is 6.07 Å². The fourth-order valence-electron chi connectivity index (χ4n) is 1.99. The summed E-state index contributed by atoms with van der Waals surface area (Å²) in [6, 6.07) is 3.19. The molecule has 0 aliphatic heterocycles. The molecule has 0 saturated heterocycles. The smallest absolute Gasteiger partial charge is 0.127 e. The number of nitrogen functional groups attached to an aromatic ring is 1. The number of nitrogens with two attached hydrogens (primary N) is 1. The Morgan fingerprint density at radius 3 is 2.89 bits per heavy atom. The van der Waals surface area contributed by atoms with Gasteiger partial charge in [-0.15, -0.1) is 0 Å². The summed E-state index contributed by atoms with van der Waals surface area (Å²) < 4.78 is 15.9. The lowest BCUT2D eigenvalue weighted by Gasteiger charge is -2.09. The average Bonchev–Trinajstić information content (AvgIpc) is 2.74. The molecule has 96 valence electrons. The predicted octanol–water partition coefficient (Wildman–Crippen LogP) is 2.91. The Morgan fingerprint density at radius 2 is 2.17 bits per heavy atom. The molecule has 0 aliphatic carbocycles. The van der Waals surface area contributed by atoms with Crippen molar-refractivity contribution in [3.63, 3.8) is 0 Å². The molecular formula is C14H18FN3. The number of anilines is 1. The molecule has 2 N–H and O–H groups in total. The summed E-state index contributed by atoms with van der Waals surface area (Å²) in [5.74, 6) is 0.659. The van der Waals surface area contributed by atoms with Crippen molar-refractivity contribution in [2.24, 2.45) is 0 Å². The van der Waals surface area contributed by atoms with Gasteiger partial charge >= 0.3 is 0 Å². The zero-order valence-electron chi connectivity index (χ0n) is 10.8. The van der Waals surface area contributed by atoms with Crippen LogP contribution in [-0.4, -0.2) is 9.55 Å². The highest BCUT2D eigenvalue weighted by Gasteiger charge is 2.09. The number of imidazole rings is 1. The van der Waals surface area contributed by atoms with Gasteiger partial charge in [0.2, 0.25) is 0 Å². The molecule has 0 radical (unpaired) electrons. The quantitative estimate of drug-likeness (QED) is 0.844. The number of nitrogens with zero attached hydrogens (tertiary/aromatic N) is 2. The zero-order valence-corrected chi connectivity index (χ0v) is 10.8. The number of aromatic nitrogens is 2. The van der Waals surface area contributed by atoms with Crippen LogP contribution < -0.4 is 5.73 Å². The van der Waals surface area contributed by atoms with Crippen molar-refractivity contribution in [2.45, 2.75) is 33.2 Å². The largest absolute Gasteiger partial charge is 0.399 e. The number of rotatable bonds is 4. The fraction of sp³-hybridized carbons (Fsp3) is 0.357. The van der Waals surface area contributed by atoms with E-state index in [-0.39, 0.29) is 5.82 Å². The van der Waals surface area contributed by atoms with Crippen molar-refractivity contribution in [1.29, 1.82) is 0 Å². The third-order valence-electron chi connectivity index (χ3n) is 3.05. The molecular weight excluding hydrogens is 229 g/mol. The second-order valence-corrected chi connectivity index (χ2v) is 4.51. The van der Waals surface area contributed by atoms with Crippen LogP contribution in [0.1, 0.15) is 30.3 Å². The Labute approximate surface area is 106 Å². The SMILES string of the molecule is CCCn1ccnc1Cc1cc(N)c(C)cc1F. The molecule has 18 heavy (non-hydrogen) atoms. The summed E-state index contributed by atoms with van der Waals surface area (Å²) in [6.45, 7) is 4.81. The maximum atomic E-state index is 13.8. The van der Waals surface area contributed by atoms with Crippen LogP contribution in [0.3, 0.4) is 0 Å². The highest BCUT2D eigenvalue weighted by Crippen LogP contribution is 2.19. The van der Waals surface area contributed by atoms with Crippen LogP contribution in [0.25, 0.3) is 0 Å². The molecule has 0 amide bonds. The number of hydrogen-bond acceptors (Lipinski definition) is 2. The lowest BCUT2D eigenvalue weighted by Crippen LogP contribution is -2.05. The summed E-state index contributed by atoms with van der Waals surface area (Å²) in [5.41, 5.74) is 7.82. The molecule has 0 bridgehead atoms. The standard InChI is InChI=1S/C14H18FN3/c1-3-5-18-6-4-17-14(18)9-11-8-13(16)10(2)7-12(11)15/h4,6-8H,3,5,9,16H2,1-2H3. The van der Waals surface area contributed by atoms with Gasteiger partial charge in [0.15, 0.2) is 0 Å². The van der Waals surface area contributed by atoms with Crippen LogP contribution in [0.4, 0.5) is 10.1 Å². The van der Waals surface area contributed by atoms with Gasteiger partial charge in [-0.2, -0.15) is 0 Å². The van der Waals surface area contributed by atoms with Gasteiger partial charge in [0, 0.05) is 31.0 Å². The first-order valence-electron chi connectivity index (χ1n) is 6.16. The second-order valence-electron chi connectivity index (χ2n) is 4.51. The molecule has 0 atom stereocenters. The predicted molar refractivity (Wildman–Crippen MR) is 70.9 cm³/mol. The molecule has 1 heterocycles. The van der Waals surface area contributed by atoms with E-state index in [0.29, 0.717) is 17.7 Å². The van der Waals surface area contributed by atoms with Crippen molar-refractivity contribution in [3.05, 3.63) is 47.3 Å². The number of hydrogen-bond donors (Lipinski definition) is 1. The number of halogens is 1. The molecule has 0 saturated carbocycles. The van der Waals surface area contributed by atoms with E-state index < -0.39 is 0 Å². The number of benzene rings is 1. The fourth-order valence-corrected chi connectivity index (χ4v) is 1.99. The van der Waals surface area contributed by atoms with Crippen LogP contribution in [0.5, 0.6) is 0 Å². The van der Waals surface area contributed by atoms with E-state index in [1.54, 1.807) is 19.2 Å². The van der Waals surface area contributed by atoms with Crippen molar-refractivity contribution < 1.29 is 4.39 Å². The van der Waals surface area contributed by atoms with Gasteiger partial charge in [-0.05, 0) is 36.6 Å². The van der Waals surface area contributed by atoms with Crippen LogP contribution in [0, 0.1) is 12.7 Å². The van der Waals surface area contributed by atoms with Gasteiger partial charge in [-0.25, -0.2) is 9.37 Å². The van der Waals surface area contributed by atoms with Crippen LogP contribution in [0.2, 0.25) is 0 Å². The van der Waals surface area contributed by atoms with Gasteiger partial charge in [0.25, 0.3) is 0 Å². The normalized spacial score (nSPS) is 10.8. The highest BCUT2D eigenvalue weighted by atomic mass is 19.1. The lowest BCUT2D eigenvalue weighted by molar-refractivity contribution is 0.601. The molecule has 1 aromatic carbocycles. The van der Waals surface area contributed by atoms with Gasteiger partial charge in [0.05, 0.1) is 0 Å². The van der Waals surface area contributed by atoms with E-state index in [1.807, 2.05) is 6.20 Å². The molecule has 2 rings (SSSR count). The van der Waals surface area contributed by atoms with E-state index in [4.69, 9.17) is 5.73 Å². The minimum absolute atomic E-state index is 0.215. The van der Waals surface area contributed by atoms with Crippen LogP contribution in [-0.2, 0) is 13.0 Å². The average molecular weight is 247 g/mol. The minimum atomic E-state index is -0.215.